The molecule has 0 aliphatic carbocycles. The number of aromatic nitrogens is 2. The summed E-state index contributed by atoms with van der Waals surface area (Å²) < 4.78 is 1.64. The summed E-state index contributed by atoms with van der Waals surface area (Å²) in [5.41, 5.74) is 2.97. The number of hydrogen-bond donors (Lipinski definition) is 1. The van der Waals surface area contributed by atoms with Crippen LogP contribution >= 0.6 is 11.6 Å². The monoisotopic (exact) mass is 292 g/mol. The molecule has 0 saturated heterocycles. The van der Waals surface area contributed by atoms with E-state index in [1.165, 1.54) is 5.56 Å². The van der Waals surface area contributed by atoms with Gasteiger partial charge in [-0.2, -0.15) is 5.10 Å². The van der Waals surface area contributed by atoms with E-state index in [0.717, 1.165) is 23.2 Å². The third kappa shape index (κ3) is 2.89. The molecule has 2 rings (SSSR count). The van der Waals surface area contributed by atoms with Crippen LogP contribution in [0.2, 0.25) is 5.15 Å². The molecule has 0 amide bonds. The van der Waals surface area contributed by atoms with Gasteiger partial charge in [0.15, 0.2) is 0 Å². The topological polar surface area (TPSA) is 38.1 Å². The number of nitrogens with zero attached hydrogens (tertiary/aromatic N) is 2. The molecule has 0 bridgehead atoms. The molecular formula is C16H21ClN2O. The summed E-state index contributed by atoms with van der Waals surface area (Å²) in [6.45, 7) is 5.85. The van der Waals surface area contributed by atoms with Crippen molar-refractivity contribution in [2.75, 3.05) is 0 Å². The fraction of sp³-hybridized carbons (Fsp3) is 0.438. The lowest BCUT2D eigenvalue weighted by atomic mass is 9.88. The van der Waals surface area contributed by atoms with Crippen LogP contribution in [-0.2, 0) is 25.5 Å². The SMILES string of the molecule is CCc1ccc(C(C)(O)Cc2c(C)nn(C)c2Cl)cc1. The predicted octanol–water partition coefficient (Wildman–Crippen LogP) is 3.39. The maximum atomic E-state index is 10.8. The van der Waals surface area contributed by atoms with E-state index in [0.29, 0.717) is 11.6 Å². The normalized spacial score (nSPS) is 14.3. The van der Waals surface area contributed by atoms with Gasteiger partial charge in [-0.15, -0.1) is 0 Å². The Hall–Kier alpha value is -1.32. The van der Waals surface area contributed by atoms with Gasteiger partial charge in [0.1, 0.15) is 5.15 Å². The molecule has 1 aromatic heterocycles. The van der Waals surface area contributed by atoms with Gasteiger partial charge < -0.3 is 5.11 Å². The van der Waals surface area contributed by atoms with E-state index >= 15 is 0 Å². The summed E-state index contributed by atoms with van der Waals surface area (Å²) >= 11 is 6.24. The van der Waals surface area contributed by atoms with Gasteiger partial charge in [-0.25, -0.2) is 0 Å². The Bertz CT molecular complexity index is 600. The highest BCUT2D eigenvalue weighted by molar-refractivity contribution is 6.30. The molecule has 20 heavy (non-hydrogen) atoms. The van der Waals surface area contributed by atoms with E-state index in [2.05, 4.69) is 24.2 Å². The third-order valence-electron chi connectivity index (χ3n) is 3.77. The molecule has 3 nitrogen and oxygen atoms in total. The highest BCUT2D eigenvalue weighted by atomic mass is 35.5. The number of aryl methyl sites for hydroxylation is 3. The van der Waals surface area contributed by atoms with Crippen molar-refractivity contribution in [2.45, 2.75) is 39.2 Å². The average molecular weight is 293 g/mol. The Labute approximate surface area is 125 Å². The lowest BCUT2D eigenvalue weighted by Gasteiger charge is -2.24. The second-order valence-corrected chi connectivity index (χ2v) is 5.84. The summed E-state index contributed by atoms with van der Waals surface area (Å²) in [4.78, 5) is 0. The maximum absolute atomic E-state index is 10.8. The second kappa shape index (κ2) is 5.58. The molecule has 1 atom stereocenters. The molecule has 0 spiro atoms. The van der Waals surface area contributed by atoms with Crippen LogP contribution in [0.4, 0.5) is 0 Å². The van der Waals surface area contributed by atoms with Gasteiger partial charge in [-0.05, 0) is 31.4 Å². The van der Waals surface area contributed by atoms with E-state index in [1.54, 1.807) is 4.68 Å². The number of halogens is 1. The van der Waals surface area contributed by atoms with Crippen LogP contribution in [-0.4, -0.2) is 14.9 Å². The first-order valence-electron chi connectivity index (χ1n) is 6.85. The van der Waals surface area contributed by atoms with Gasteiger partial charge in [-0.1, -0.05) is 42.8 Å². The standard InChI is InChI=1S/C16H21ClN2O/c1-5-12-6-8-13(9-7-12)16(3,20)10-14-11(2)18-19(4)15(14)17/h6-9,20H,5,10H2,1-4H3. The molecule has 1 aromatic carbocycles. The molecule has 0 fully saturated rings. The molecule has 4 heteroatoms. The summed E-state index contributed by atoms with van der Waals surface area (Å²) in [7, 11) is 1.81. The molecule has 0 aliphatic rings. The van der Waals surface area contributed by atoms with E-state index in [4.69, 9.17) is 11.6 Å². The summed E-state index contributed by atoms with van der Waals surface area (Å²) in [5, 5.41) is 15.6. The van der Waals surface area contributed by atoms with Crippen molar-refractivity contribution < 1.29 is 5.11 Å². The minimum atomic E-state index is -0.955. The van der Waals surface area contributed by atoms with Crippen LogP contribution in [0.25, 0.3) is 0 Å². The molecular weight excluding hydrogens is 272 g/mol. The Morgan fingerprint density at radius 2 is 1.90 bits per heavy atom. The van der Waals surface area contributed by atoms with Gasteiger partial charge in [0.2, 0.25) is 0 Å². The van der Waals surface area contributed by atoms with Gasteiger partial charge in [0.05, 0.1) is 11.3 Å². The fourth-order valence-corrected chi connectivity index (χ4v) is 2.66. The minimum absolute atomic E-state index is 0.455. The highest BCUT2D eigenvalue weighted by Crippen LogP contribution is 2.30. The van der Waals surface area contributed by atoms with E-state index in [9.17, 15) is 5.11 Å². The smallest absolute Gasteiger partial charge is 0.130 e. The van der Waals surface area contributed by atoms with Crippen LogP contribution in [0.15, 0.2) is 24.3 Å². The van der Waals surface area contributed by atoms with Crippen molar-refractivity contribution in [1.82, 2.24) is 9.78 Å². The van der Waals surface area contributed by atoms with Crippen LogP contribution in [0.5, 0.6) is 0 Å². The average Bonchev–Trinajstić information content (AvgIpc) is 2.65. The molecule has 1 N–H and O–H groups in total. The quantitative estimate of drug-likeness (QED) is 0.938. The van der Waals surface area contributed by atoms with Crippen molar-refractivity contribution >= 4 is 11.6 Å². The first-order valence-corrected chi connectivity index (χ1v) is 7.22. The van der Waals surface area contributed by atoms with Crippen molar-refractivity contribution in [3.63, 3.8) is 0 Å². The molecule has 2 aromatic rings. The Morgan fingerprint density at radius 3 is 2.35 bits per heavy atom. The van der Waals surface area contributed by atoms with Crippen LogP contribution in [0.1, 0.15) is 36.2 Å². The van der Waals surface area contributed by atoms with Crippen molar-refractivity contribution in [3.05, 3.63) is 51.8 Å². The maximum Gasteiger partial charge on any atom is 0.130 e. The van der Waals surface area contributed by atoms with Gasteiger partial charge >= 0.3 is 0 Å². The fourth-order valence-electron chi connectivity index (χ4n) is 2.42. The van der Waals surface area contributed by atoms with Crippen LogP contribution < -0.4 is 0 Å². The Balaban J connectivity index is 2.29. The molecule has 0 aliphatic heterocycles. The first kappa shape index (κ1) is 15.1. The molecule has 0 radical (unpaired) electrons. The van der Waals surface area contributed by atoms with Crippen molar-refractivity contribution in [2.24, 2.45) is 7.05 Å². The summed E-state index contributed by atoms with van der Waals surface area (Å²) in [5.74, 6) is 0. The molecule has 1 heterocycles. The summed E-state index contributed by atoms with van der Waals surface area (Å²) in [6, 6.07) is 8.08. The Kier molecular flexibility index (Phi) is 4.21. The zero-order valence-corrected chi connectivity index (χ0v) is 13.2. The summed E-state index contributed by atoms with van der Waals surface area (Å²) in [6.07, 6.45) is 1.45. The molecule has 0 saturated carbocycles. The number of benzene rings is 1. The first-order chi connectivity index (χ1) is 9.35. The zero-order valence-electron chi connectivity index (χ0n) is 12.4. The lowest BCUT2D eigenvalue weighted by Crippen LogP contribution is -2.24. The van der Waals surface area contributed by atoms with Crippen molar-refractivity contribution in [3.8, 4) is 0 Å². The molecule has 1 unspecified atom stereocenters. The number of rotatable bonds is 4. The molecule has 108 valence electrons. The predicted molar refractivity (Wildman–Crippen MR) is 82.0 cm³/mol. The van der Waals surface area contributed by atoms with Crippen LogP contribution in [0.3, 0.4) is 0 Å². The highest BCUT2D eigenvalue weighted by Gasteiger charge is 2.27. The van der Waals surface area contributed by atoms with Crippen LogP contribution in [0, 0.1) is 6.92 Å². The Morgan fingerprint density at radius 1 is 1.30 bits per heavy atom. The van der Waals surface area contributed by atoms with Gasteiger partial charge in [0.25, 0.3) is 0 Å². The van der Waals surface area contributed by atoms with Gasteiger partial charge in [-0.3, -0.25) is 4.68 Å². The van der Waals surface area contributed by atoms with Crippen molar-refractivity contribution in [1.29, 1.82) is 0 Å². The van der Waals surface area contributed by atoms with E-state index < -0.39 is 5.60 Å². The zero-order chi connectivity index (χ0) is 14.9. The third-order valence-corrected chi connectivity index (χ3v) is 4.25. The van der Waals surface area contributed by atoms with E-state index in [-0.39, 0.29) is 0 Å². The second-order valence-electron chi connectivity index (χ2n) is 5.48. The largest absolute Gasteiger partial charge is 0.385 e. The van der Waals surface area contributed by atoms with Gasteiger partial charge in [0, 0.05) is 19.0 Å². The lowest BCUT2D eigenvalue weighted by molar-refractivity contribution is 0.0574. The number of hydrogen-bond acceptors (Lipinski definition) is 2. The van der Waals surface area contributed by atoms with E-state index in [1.807, 2.05) is 33.0 Å². The minimum Gasteiger partial charge on any atom is -0.385 e. The number of aliphatic hydroxyl groups is 1.